The highest BCUT2D eigenvalue weighted by atomic mass is 35.5. The molecule has 37 heavy (non-hydrogen) atoms. The van der Waals surface area contributed by atoms with Crippen molar-refractivity contribution in [1.82, 2.24) is 0 Å². The highest BCUT2D eigenvalue weighted by molar-refractivity contribution is 7.85. The van der Waals surface area contributed by atoms with Gasteiger partial charge in [-0.25, -0.2) is 8.42 Å². The van der Waals surface area contributed by atoms with Crippen LogP contribution in [0.2, 0.25) is 0 Å². The normalized spacial score (nSPS) is 11.8. The summed E-state index contributed by atoms with van der Waals surface area (Å²) in [5, 5.41) is 0. The first-order valence-electron chi connectivity index (χ1n) is 15.1. The van der Waals surface area contributed by atoms with E-state index in [1.165, 1.54) is 145 Å². The van der Waals surface area contributed by atoms with Crippen LogP contribution in [0.25, 0.3) is 0 Å². The third kappa shape index (κ3) is 21.9. The first-order chi connectivity index (χ1) is 17.7. The van der Waals surface area contributed by atoms with Crippen molar-refractivity contribution in [2.75, 3.05) is 32.6 Å². The molecular weight excluding hydrogens is 502 g/mol. The van der Waals surface area contributed by atoms with Crippen molar-refractivity contribution in [2.24, 2.45) is 0 Å². The van der Waals surface area contributed by atoms with Crippen LogP contribution in [0.1, 0.15) is 129 Å². The van der Waals surface area contributed by atoms with Crippen molar-refractivity contribution in [2.45, 2.75) is 135 Å². The van der Waals surface area contributed by atoms with Crippen LogP contribution in [0.5, 0.6) is 0 Å². The molecule has 0 fully saturated rings. The van der Waals surface area contributed by atoms with Crippen LogP contribution in [0.15, 0.2) is 29.2 Å². The highest BCUT2D eigenvalue weighted by Crippen LogP contribution is 2.15. The molecule has 218 valence electrons. The molecular formula is C31H58ClNO3S. The quantitative estimate of drug-likeness (QED) is 0.0615. The predicted octanol–water partition coefficient (Wildman–Crippen LogP) is 9.24. The lowest BCUT2D eigenvalue weighted by Gasteiger charge is -2.35. The zero-order valence-electron chi connectivity index (χ0n) is 24.6. The molecule has 0 bridgehead atoms. The second kappa shape index (κ2) is 23.3. The lowest BCUT2D eigenvalue weighted by molar-refractivity contribution is -0.910. The summed E-state index contributed by atoms with van der Waals surface area (Å²) in [7, 11) is -1.79. The van der Waals surface area contributed by atoms with Crippen molar-refractivity contribution >= 4 is 21.7 Å². The standard InChI is InChI=1S/C24H51ClN.C7H8O3S/c1-4-6-8-10-12-14-16-18-22-26(3,24-20-21-25)23-19-17-15-13-11-9-7-5-2;1-6-2-4-7(5-3-6)11(8,9)10/h4-24H2,1-3H3;2-5H,1H3,(H,8,9,10)/q+1;/p-1. The third-order valence-corrected chi connectivity index (χ3v) is 8.36. The molecule has 0 aliphatic rings. The molecule has 0 radical (unpaired) electrons. The molecule has 0 aliphatic heterocycles. The van der Waals surface area contributed by atoms with Gasteiger partial charge >= 0.3 is 0 Å². The molecule has 0 unspecified atom stereocenters. The predicted molar refractivity (Wildman–Crippen MR) is 160 cm³/mol. The molecule has 0 amide bonds. The smallest absolute Gasteiger partial charge is 0.124 e. The molecule has 0 aromatic heterocycles. The van der Waals surface area contributed by atoms with Crippen LogP contribution in [0.3, 0.4) is 0 Å². The fourth-order valence-electron chi connectivity index (χ4n) is 4.74. The van der Waals surface area contributed by atoms with Crippen LogP contribution in [0.4, 0.5) is 0 Å². The summed E-state index contributed by atoms with van der Waals surface area (Å²) in [6, 6.07) is 5.78. The second-order valence-corrected chi connectivity index (χ2v) is 12.8. The van der Waals surface area contributed by atoms with E-state index in [-0.39, 0.29) is 4.90 Å². The summed E-state index contributed by atoms with van der Waals surface area (Å²) in [4.78, 5) is -0.178. The maximum atomic E-state index is 10.4. The van der Waals surface area contributed by atoms with Crippen molar-refractivity contribution < 1.29 is 17.5 Å². The van der Waals surface area contributed by atoms with Gasteiger partial charge in [0, 0.05) is 12.3 Å². The Hall–Kier alpha value is -0.620. The van der Waals surface area contributed by atoms with E-state index in [9.17, 15) is 13.0 Å². The fourth-order valence-corrected chi connectivity index (χ4v) is 5.33. The van der Waals surface area contributed by atoms with E-state index in [0.29, 0.717) is 0 Å². The topological polar surface area (TPSA) is 57.2 Å². The minimum Gasteiger partial charge on any atom is -0.744 e. The molecule has 4 nitrogen and oxygen atoms in total. The maximum absolute atomic E-state index is 10.4. The molecule has 0 atom stereocenters. The van der Waals surface area contributed by atoms with Gasteiger partial charge in [-0.3, -0.25) is 0 Å². The number of aryl methyl sites for hydroxylation is 1. The van der Waals surface area contributed by atoms with Gasteiger partial charge in [0.05, 0.1) is 31.6 Å². The van der Waals surface area contributed by atoms with E-state index >= 15 is 0 Å². The first-order valence-corrected chi connectivity index (χ1v) is 17.0. The van der Waals surface area contributed by atoms with Gasteiger partial charge in [-0.15, -0.1) is 11.6 Å². The Morgan fingerprint density at radius 2 is 1.00 bits per heavy atom. The lowest BCUT2D eigenvalue weighted by atomic mass is 10.1. The summed E-state index contributed by atoms with van der Waals surface area (Å²) in [5.41, 5.74) is 0.928. The Bertz CT molecular complexity index is 717. The summed E-state index contributed by atoms with van der Waals surface area (Å²) in [6.45, 7) is 10.4. The Morgan fingerprint density at radius 3 is 1.35 bits per heavy atom. The number of alkyl halides is 1. The summed E-state index contributed by atoms with van der Waals surface area (Å²) >= 11 is 5.99. The lowest BCUT2D eigenvalue weighted by Crippen LogP contribution is -2.46. The number of halogens is 1. The van der Waals surface area contributed by atoms with Gasteiger partial charge in [0.1, 0.15) is 10.1 Å². The Kier molecular flexibility index (Phi) is 22.9. The fraction of sp³-hybridized carbons (Fsp3) is 0.806. The average Bonchev–Trinajstić information content (AvgIpc) is 2.86. The van der Waals surface area contributed by atoms with Crippen molar-refractivity contribution in [3.05, 3.63) is 29.8 Å². The summed E-state index contributed by atoms with van der Waals surface area (Å²) in [6.07, 6.45) is 24.0. The van der Waals surface area contributed by atoms with Crippen LogP contribution in [-0.4, -0.2) is 50.0 Å². The average molecular weight is 560 g/mol. The Labute approximate surface area is 235 Å². The molecule has 1 aromatic rings. The molecule has 0 saturated heterocycles. The highest BCUT2D eigenvalue weighted by Gasteiger charge is 2.19. The zero-order chi connectivity index (χ0) is 27.8. The molecule has 1 aromatic carbocycles. The summed E-state index contributed by atoms with van der Waals surface area (Å²) in [5.74, 6) is 0.822. The minimum absolute atomic E-state index is 0.178. The number of nitrogens with zero attached hydrogens (tertiary/aromatic N) is 1. The minimum atomic E-state index is -4.27. The number of rotatable bonds is 22. The third-order valence-electron chi connectivity index (χ3n) is 7.24. The van der Waals surface area contributed by atoms with Crippen LogP contribution in [0, 0.1) is 6.92 Å². The van der Waals surface area contributed by atoms with Gasteiger partial charge in [-0.2, -0.15) is 0 Å². The number of hydrogen-bond acceptors (Lipinski definition) is 3. The molecule has 0 N–H and O–H groups in total. The molecule has 0 saturated carbocycles. The molecule has 0 aliphatic carbocycles. The van der Waals surface area contributed by atoms with Gasteiger partial charge in [-0.1, -0.05) is 109 Å². The van der Waals surface area contributed by atoms with Gasteiger partial charge in [-0.05, 0) is 44.7 Å². The largest absolute Gasteiger partial charge is 0.744 e. The van der Waals surface area contributed by atoms with Crippen LogP contribution in [-0.2, 0) is 10.1 Å². The van der Waals surface area contributed by atoms with Gasteiger partial charge in [0.2, 0.25) is 0 Å². The van der Waals surface area contributed by atoms with Crippen molar-refractivity contribution in [3.8, 4) is 0 Å². The van der Waals surface area contributed by atoms with Gasteiger partial charge in [0.15, 0.2) is 0 Å². The van der Waals surface area contributed by atoms with E-state index in [1.54, 1.807) is 12.1 Å². The van der Waals surface area contributed by atoms with Crippen LogP contribution < -0.4 is 0 Å². The van der Waals surface area contributed by atoms with Crippen molar-refractivity contribution in [1.29, 1.82) is 0 Å². The number of benzene rings is 1. The monoisotopic (exact) mass is 559 g/mol. The van der Waals surface area contributed by atoms with Gasteiger partial charge in [0.25, 0.3) is 0 Å². The van der Waals surface area contributed by atoms with E-state index in [0.717, 1.165) is 11.4 Å². The number of quaternary nitrogens is 1. The van der Waals surface area contributed by atoms with Crippen molar-refractivity contribution in [3.63, 3.8) is 0 Å². The SMILES string of the molecule is CCCCCCCCCC[N+](C)(CCCCl)CCCCCCCCCC.Cc1ccc(S(=O)(=O)[O-])cc1. The van der Waals surface area contributed by atoms with E-state index < -0.39 is 10.1 Å². The summed E-state index contributed by atoms with van der Waals surface area (Å²) < 4.78 is 32.4. The molecule has 6 heteroatoms. The molecule has 0 spiro atoms. The second-order valence-electron chi connectivity index (χ2n) is 11.0. The Morgan fingerprint density at radius 1 is 0.649 bits per heavy atom. The van der Waals surface area contributed by atoms with E-state index in [4.69, 9.17) is 11.6 Å². The first kappa shape index (κ1) is 36.4. The molecule has 1 rings (SSSR count). The maximum Gasteiger partial charge on any atom is 0.124 e. The van der Waals surface area contributed by atoms with E-state index in [2.05, 4.69) is 20.9 Å². The number of hydrogen-bond donors (Lipinski definition) is 0. The number of unbranched alkanes of at least 4 members (excludes halogenated alkanes) is 14. The van der Waals surface area contributed by atoms with Crippen LogP contribution >= 0.6 is 11.6 Å². The van der Waals surface area contributed by atoms with E-state index in [1.807, 2.05) is 6.92 Å². The molecule has 0 heterocycles. The zero-order valence-corrected chi connectivity index (χ0v) is 26.2. The Balaban J connectivity index is 0.000000970. The van der Waals surface area contributed by atoms with Gasteiger partial charge < -0.3 is 9.04 Å².